The van der Waals surface area contributed by atoms with Crippen LogP contribution in [-0.4, -0.2) is 23.9 Å². The Hall–Kier alpha value is -1.40. The Morgan fingerprint density at radius 3 is 3.12 bits per heavy atom. The normalized spacial score (nSPS) is 10.2. The van der Waals surface area contributed by atoms with Crippen molar-refractivity contribution in [3.8, 4) is 5.75 Å². The van der Waals surface area contributed by atoms with Crippen molar-refractivity contribution in [1.82, 2.24) is 10.2 Å². The summed E-state index contributed by atoms with van der Waals surface area (Å²) < 4.78 is 5.86. The van der Waals surface area contributed by atoms with E-state index in [0.29, 0.717) is 3.95 Å². The third kappa shape index (κ3) is 3.54. The second-order valence-electron chi connectivity index (χ2n) is 3.45. The molecule has 4 nitrogen and oxygen atoms in total. The standard InChI is InChI=1S/C11H13N3OS2/c1-15-9-4-2-3-8(7-9)5-6-12-10-13-14-11(16)17-10/h2-4,7H,5-6H2,1H3,(H,12,13)(H,14,16). The predicted octanol–water partition coefficient (Wildman–Crippen LogP) is 2.86. The monoisotopic (exact) mass is 267 g/mol. The lowest BCUT2D eigenvalue weighted by molar-refractivity contribution is 0.414. The van der Waals surface area contributed by atoms with Gasteiger partial charge in [-0.1, -0.05) is 23.5 Å². The first-order valence-corrected chi connectivity index (χ1v) is 6.43. The minimum Gasteiger partial charge on any atom is -0.497 e. The molecule has 0 unspecified atom stereocenters. The Labute approximate surface area is 109 Å². The zero-order chi connectivity index (χ0) is 12.1. The van der Waals surface area contributed by atoms with E-state index < -0.39 is 0 Å². The van der Waals surface area contributed by atoms with Crippen LogP contribution in [0.5, 0.6) is 5.75 Å². The number of aromatic nitrogens is 2. The largest absolute Gasteiger partial charge is 0.497 e. The van der Waals surface area contributed by atoms with E-state index in [0.717, 1.165) is 23.8 Å². The Morgan fingerprint density at radius 1 is 1.53 bits per heavy atom. The molecule has 0 amide bonds. The van der Waals surface area contributed by atoms with E-state index >= 15 is 0 Å². The van der Waals surface area contributed by atoms with Gasteiger partial charge in [-0.25, -0.2) is 0 Å². The first kappa shape index (κ1) is 12.1. The number of methoxy groups -OCH3 is 1. The van der Waals surface area contributed by atoms with Crippen molar-refractivity contribution in [2.24, 2.45) is 0 Å². The molecule has 0 aliphatic heterocycles. The van der Waals surface area contributed by atoms with E-state index in [9.17, 15) is 0 Å². The minimum atomic E-state index is 0.689. The van der Waals surface area contributed by atoms with Gasteiger partial charge in [-0.2, -0.15) is 0 Å². The molecule has 0 saturated carbocycles. The van der Waals surface area contributed by atoms with Crippen LogP contribution in [0.15, 0.2) is 24.3 Å². The van der Waals surface area contributed by atoms with E-state index in [-0.39, 0.29) is 0 Å². The molecule has 90 valence electrons. The van der Waals surface area contributed by atoms with Crippen LogP contribution in [0.25, 0.3) is 0 Å². The van der Waals surface area contributed by atoms with Gasteiger partial charge in [0.05, 0.1) is 7.11 Å². The van der Waals surface area contributed by atoms with Crippen LogP contribution < -0.4 is 10.1 Å². The molecule has 1 heterocycles. The maximum Gasteiger partial charge on any atom is 0.204 e. The molecule has 0 aliphatic rings. The summed E-state index contributed by atoms with van der Waals surface area (Å²) in [6.07, 6.45) is 0.920. The van der Waals surface area contributed by atoms with Crippen LogP contribution in [-0.2, 0) is 6.42 Å². The van der Waals surface area contributed by atoms with E-state index in [1.165, 1.54) is 16.9 Å². The molecule has 1 aromatic heterocycles. The second-order valence-corrected chi connectivity index (χ2v) is 5.11. The highest BCUT2D eigenvalue weighted by Crippen LogP contribution is 2.14. The minimum absolute atomic E-state index is 0.689. The quantitative estimate of drug-likeness (QED) is 0.818. The number of hydrogen-bond donors (Lipinski definition) is 2. The summed E-state index contributed by atoms with van der Waals surface area (Å²) >= 11 is 6.40. The number of nitrogens with one attached hydrogen (secondary N) is 2. The maximum absolute atomic E-state index is 5.17. The number of H-pyrrole nitrogens is 1. The molecule has 17 heavy (non-hydrogen) atoms. The van der Waals surface area contributed by atoms with Crippen molar-refractivity contribution in [2.45, 2.75) is 6.42 Å². The second kappa shape index (κ2) is 5.79. The molecule has 0 fully saturated rings. The van der Waals surface area contributed by atoms with Gasteiger partial charge in [0, 0.05) is 6.54 Å². The van der Waals surface area contributed by atoms with Crippen molar-refractivity contribution in [3.05, 3.63) is 33.8 Å². The van der Waals surface area contributed by atoms with Crippen LogP contribution >= 0.6 is 23.6 Å². The topological polar surface area (TPSA) is 49.9 Å². The molecular formula is C11H13N3OS2. The molecule has 0 spiro atoms. The van der Waals surface area contributed by atoms with Gasteiger partial charge in [-0.15, -0.1) is 5.10 Å². The summed E-state index contributed by atoms with van der Waals surface area (Å²) in [6.45, 7) is 0.823. The van der Waals surface area contributed by atoms with Crippen molar-refractivity contribution in [2.75, 3.05) is 19.0 Å². The number of rotatable bonds is 5. The van der Waals surface area contributed by atoms with Crippen LogP contribution in [0.2, 0.25) is 0 Å². The fourth-order valence-electron chi connectivity index (χ4n) is 1.45. The first-order valence-electron chi connectivity index (χ1n) is 5.20. The summed E-state index contributed by atoms with van der Waals surface area (Å²) in [7, 11) is 1.67. The van der Waals surface area contributed by atoms with Crippen molar-refractivity contribution in [1.29, 1.82) is 0 Å². The highest BCUT2D eigenvalue weighted by molar-refractivity contribution is 7.73. The van der Waals surface area contributed by atoms with Gasteiger partial charge >= 0.3 is 0 Å². The Kier molecular flexibility index (Phi) is 4.11. The third-order valence-electron chi connectivity index (χ3n) is 2.26. The molecule has 2 rings (SSSR count). The SMILES string of the molecule is COc1cccc(CCNc2n[nH]c(=S)s2)c1. The Balaban J connectivity index is 1.87. The molecule has 1 aromatic carbocycles. The van der Waals surface area contributed by atoms with Gasteiger partial charge in [0.25, 0.3) is 0 Å². The molecule has 0 atom stereocenters. The summed E-state index contributed by atoms with van der Waals surface area (Å²) in [5, 5.41) is 10.8. The Morgan fingerprint density at radius 2 is 2.41 bits per heavy atom. The van der Waals surface area contributed by atoms with E-state index in [2.05, 4.69) is 21.6 Å². The summed E-state index contributed by atoms with van der Waals surface area (Å²) in [5.41, 5.74) is 1.23. The lowest BCUT2D eigenvalue weighted by Gasteiger charge is -2.04. The van der Waals surface area contributed by atoms with E-state index in [1.54, 1.807) is 7.11 Å². The highest BCUT2D eigenvalue weighted by atomic mass is 32.1. The van der Waals surface area contributed by atoms with Crippen molar-refractivity contribution in [3.63, 3.8) is 0 Å². The van der Waals surface area contributed by atoms with Gasteiger partial charge in [0.15, 0.2) is 3.95 Å². The molecule has 2 aromatic rings. The molecular weight excluding hydrogens is 254 g/mol. The molecule has 6 heteroatoms. The van der Waals surface area contributed by atoms with Gasteiger partial charge in [-0.3, -0.25) is 5.10 Å². The Bertz CT molecular complexity index is 535. The predicted molar refractivity (Wildman–Crippen MR) is 72.5 cm³/mol. The molecule has 2 N–H and O–H groups in total. The van der Waals surface area contributed by atoms with E-state index in [1.807, 2.05) is 18.2 Å². The summed E-state index contributed by atoms with van der Waals surface area (Å²) in [4.78, 5) is 0. The molecule has 0 saturated heterocycles. The van der Waals surface area contributed by atoms with Crippen LogP contribution in [0.1, 0.15) is 5.56 Å². The number of hydrogen-bond acceptors (Lipinski definition) is 5. The average Bonchev–Trinajstić information content (AvgIpc) is 2.75. The smallest absolute Gasteiger partial charge is 0.204 e. The van der Waals surface area contributed by atoms with Crippen LogP contribution in [0.4, 0.5) is 5.13 Å². The zero-order valence-corrected chi connectivity index (χ0v) is 11.0. The third-order valence-corrected chi connectivity index (χ3v) is 3.31. The van der Waals surface area contributed by atoms with Crippen molar-refractivity contribution < 1.29 is 4.74 Å². The average molecular weight is 267 g/mol. The molecule has 0 bridgehead atoms. The van der Waals surface area contributed by atoms with E-state index in [4.69, 9.17) is 17.0 Å². The maximum atomic E-state index is 5.17. The van der Waals surface area contributed by atoms with Gasteiger partial charge in [0.1, 0.15) is 5.75 Å². The fraction of sp³-hybridized carbons (Fsp3) is 0.273. The molecule has 0 aliphatic carbocycles. The summed E-state index contributed by atoms with van der Waals surface area (Å²) in [5.74, 6) is 0.887. The number of anilines is 1. The van der Waals surface area contributed by atoms with Gasteiger partial charge in [-0.05, 0) is 36.3 Å². The number of nitrogens with zero attached hydrogens (tertiary/aromatic N) is 1. The zero-order valence-electron chi connectivity index (χ0n) is 9.40. The van der Waals surface area contributed by atoms with Crippen LogP contribution in [0.3, 0.4) is 0 Å². The van der Waals surface area contributed by atoms with Gasteiger partial charge < -0.3 is 10.1 Å². The number of ether oxygens (including phenoxy) is 1. The van der Waals surface area contributed by atoms with Gasteiger partial charge in [0.2, 0.25) is 5.13 Å². The lowest BCUT2D eigenvalue weighted by Crippen LogP contribution is -2.04. The number of benzene rings is 1. The van der Waals surface area contributed by atoms with Crippen LogP contribution in [0, 0.1) is 3.95 Å². The molecule has 0 radical (unpaired) electrons. The highest BCUT2D eigenvalue weighted by Gasteiger charge is 1.98. The lowest BCUT2D eigenvalue weighted by atomic mass is 10.1. The summed E-state index contributed by atoms with van der Waals surface area (Å²) in [6, 6.07) is 8.05. The fourth-order valence-corrected chi connectivity index (χ4v) is 2.26. The number of aromatic amines is 1. The van der Waals surface area contributed by atoms with Crippen molar-refractivity contribution >= 4 is 28.7 Å². The first-order chi connectivity index (χ1) is 8.28.